The van der Waals surface area contributed by atoms with Gasteiger partial charge in [-0.05, 0) is 13.8 Å². The van der Waals surface area contributed by atoms with E-state index in [1.165, 1.54) is 11.3 Å². The van der Waals surface area contributed by atoms with Crippen molar-refractivity contribution in [2.24, 2.45) is 5.73 Å². The third-order valence-electron chi connectivity index (χ3n) is 2.03. The molecule has 2 aromatic rings. The van der Waals surface area contributed by atoms with E-state index in [0.29, 0.717) is 24.0 Å². The van der Waals surface area contributed by atoms with Crippen LogP contribution in [0.3, 0.4) is 0 Å². The first kappa shape index (κ1) is 12.2. The molecule has 0 aromatic carbocycles. The molecule has 0 radical (unpaired) electrons. The van der Waals surface area contributed by atoms with E-state index in [1.54, 1.807) is 5.51 Å². The lowest BCUT2D eigenvalue weighted by molar-refractivity contribution is 0.0665. The second-order valence-electron chi connectivity index (χ2n) is 3.82. The number of hydrogen-bond donors (Lipinski definition) is 1. The van der Waals surface area contributed by atoms with Crippen molar-refractivity contribution in [3.05, 3.63) is 16.7 Å². The first-order valence-electron chi connectivity index (χ1n) is 5.26. The van der Waals surface area contributed by atoms with Crippen LogP contribution in [0.2, 0.25) is 0 Å². The number of nitrogens with two attached hydrogens (primary N) is 1. The lowest BCUT2D eigenvalue weighted by Crippen LogP contribution is -2.20. The maximum absolute atomic E-state index is 5.88. The van der Waals surface area contributed by atoms with Crippen LogP contribution in [0, 0.1) is 0 Å². The number of thiazole rings is 1. The maximum atomic E-state index is 5.88. The zero-order valence-corrected chi connectivity index (χ0v) is 10.5. The van der Waals surface area contributed by atoms with Gasteiger partial charge in [0.15, 0.2) is 5.82 Å². The van der Waals surface area contributed by atoms with Crippen molar-refractivity contribution >= 4 is 11.3 Å². The summed E-state index contributed by atoms with van der Waals surface area (Å²) in [5.41, 5.74) is 8.26. The Morgan fingerprint density at radius 1 is 1.53 bits per heavy atom. The Bertz CT molecular complexity index is 455. The SMILES string of the molecule is CC(C)OCC(N)c1noc(-c2cscn2)n1. The number of rotatable bonds is 5. The Balaban J connectivity index is 2.03. The summed E-state index contributed by atoms with van der Waals surface area (Å²) in [7, 11) is 0. The fraction of sp³-hybridized carbons (Fsp3) is 0.500. The quantitative estimate of drug-likeness (QED) is 0.872. The molecule has 0 spiro atoms. The minimum atomic E-state index is -0.381. The second-order valence-corrected chi connectivity index (χ2v) is 4.54. The number of nitrogens with zero attached hydrogens (tertiary/aromatic N) is 3. The Labute approximate surface area is 103 Å². The van der Waals surface area contributed by atoms with Crippen LogP contribution in [-0.4, -0.2) is 27.8 Å². The zero-order valence-electron chi connectivity index (χ0n) is 9.66. The van der Waals surface area contributed by atoms with Crippen LogP contribution < -0.4 is 5.73 Å². The number of hydrogen-bond acceptors (Lipinski definition) is 7. The van der Waals surface area contributed by atoms with E-state index in [2.05, 4.69) is 15.1 Å². The van der Waals surface area contributed by atoms with Gasteiger partial charge in [0.2, 0.25) is 0 Å². The molecule has 2 heterocycles. The molecule has 0 saturated heterocycles. The summed E-state index contributed by atoms with van der Waals surface area (Å²) in [6, 6.07) is -0.381. The standard InChI is InChI=1S/C10H14N4O2S/c1-6(2)15-3-7(11)9-13-10(16-14-9)8-4-17-5-12-8/h4-7H,3,11H2,1-2H3. The molecule has 2 rings (SSSR count). The van der Waals surface area contributed by atoms with Gasteiger partial charge in [-0.2, -0.15) is 4.98 Å². The maximum Gasteiger partial charge on any atom is 0.277 e. The fourth-order valence-corrected chi connectivity index (χ4v) is 1.70. The lowest BCUT2D eigenvalue weighted by atomic mass is 10.3. The predicted octanol–water partition coefficient (Wildman–Crippen LogP) is 1.62. The fourth-order valence-electron chi connectivity index (χ4n) is 1.18. The minimum absolute atomic E-state index is 0.131. The highest BCUT2D eigenvalue weighted by Crippen LogP contribution is 2.18. The third kappa shape index (κ3) is 3.09. The highest BCUT2D eigenvalue weighted by Gasteiger charge is 2.16. The topological polar surface area (TPSA) is 87.1 Å². The van der Waals surface area contributed by atoms with Gasteiger partial charge >= 0.3 is 0 Å². The van der Waals surface area contributed by atoms with Crippen molar-refractivity contribution in [2.75, 3.05) is 6.61 Å². The van der Waals surface area contributed by atoms with E-state index in [9.17, 15) is 0 Å². The van der Waals surface area contributed by atoms with E-state index < -0.39 is 0 Å². The molecule has 92 valence electrons. The summed E-state index contributed by atoms with van der Waals surface area (Å²) in [4.78, 5) is 8.28. The molecule has 0 amide bonds. The van der Waals surface area contributed by atoms with Crippen LogP contribution in [0.25, 0.3) is 11.6 Å². The molecule has 0 saturated carbocycles. The van der Waals surface area contributed by atoms with Crippen molar-refractivity contribution in [1.82, 2.24) is 15.1 Å². The molecule has 0 fully saturated rings. The Morgan fingerprint density at radius 3 is 3.00 bits per heavy atom. The molecule has 17 heavy (non-hydrogen) atoms. The Kier molecular flexibility index (Phi) is 3.82. The van der Waals surface area contributed by atoms with Gasteiger partial charge in [-0.15, -0.1) is 11.3 Å². The zero-order chi connectivity index (χ0) is 12.3. The van der Waals surface area contributed by atoms with Crippen LogP contribution in [-0.2, 0) is 4.74 Å². The third-order valence-corrected chi connectivity index (χ3v) is 2.62. The van der Waals surface area contributed by atoms with Crippen LogP contribution in [0.15, 0.2) is 15.4 Å². The van der Waals surface area contributed by atoms with Crippen molar-refractivity contribution in [3.63, 3.8) is 0 Å². The van der Waals surface area contributed by atoms with Crippen LogP contribution in [0.4, 0.5) is 0 Å². The molecule has 0 aliphatic heterocycles. The largest absolute Gasteiger partial charge is 0.377 e. The van der Waals surface area contributed by atoms with E-state index in [4.69, 9.17) is 15.0 Å². The monoisotopic (exact) mass is 254 g/mol. The molecular formula is C10H14N4O2S. The van der Waals surface area contributed by atoms with Gasteiger partial charge in [-0.25, -0.2) is 4.98 Å². The van der Waals surface area contributed by atoms with E-state index in [0.717, 1.165) is 0 Å². The van der Waals surface area contributed by atoms with E-state index in [1.807, 2.05) is 19.2 Å². The van der Waals surface area contributed by atoms with Crippen LogP contribution in [0.5, 0.6) is 0 Å². The molecule has 7 heteroatoms. The van der Waals surface area contributed by atoms with E-state index in [-0.39, 0.29) is 12.1 Å². The molecule has 0 bridgehead atoms. The van der Waals surface area contributed by atoms with Crippen LogP contribution in [0.1, 0.15) is 25.7 Å². The summed E-state index contributed by atoms with van der Waals surface area (Å²) in [6.07, 6.45) is 0.131. The molecular weight excluding hydrogens is 240 g/mol. The molecule has 2 N–H and O–H groups in total. The predicted molar refractivity (Wildman–Crippen MR) is 63.4 cm³/mol. The van der Waals surface area contributed by atoms with Gasteiger partial charge in [-0.3, -0.25) is 0 Å². The first-order chi connectivity index (χ1) is 8.16. The number of ether oxygens (including phenoxy) is 1. The van der Waals surface area contributed by atoms with Gasteiger partial charge in [0.05, 0.1) is 24.3 Å². The van der Waals surface area contributed by atoms with Crippen molar-refractivity contribution in [2.45, 2.75) is 26.0 Å². The molecule has 1 atom stereocenters. The second kappa shape index (κ2) is 5.35. The summed E-state index contributed by atoms with van der Waals surface area (Å²) in [5.74, 6) is 0.829. The molecule has 0 aliphatic carbocycles. The first-order valence-corrected chi connectivity index (χ1v) is 6.20. The smallest absolute Gasteiger partial charge is 0.277 e. The van der Waals surface area contributed by atoms with Crippen molar-refractivity contribution < 1.29 is 9.26 Å². The molecule has 6 nitrogen and oxygen atoms in total. The summed E-state index contributed by atoms with van der Waals surface area (Å²) in [6.45, 7) is 4.26. The van der Waals surface area contributed by atoms with Gasteiger partial charge in [-0.1, -0.05) is 5.16 Å². The summed E-state index contributed by atoms with van der Waals surface area (Å²) in [5, 5.41) is 5.66. The summed E-state index contributed by atoms with van der Waals surface area (Å²) >= 11 is 1.47. The Morgan fingerprint density at radius 2 is 2.35 bits per heavy atom. The highest BCUT2D eigenvalue weighted by molar-refractivity contribution is 7.07. The molecule has 1 unspecified atom stereocenters. The normalized spacial score (nSPS) is 13.2. The van der Waals surface area contributed by atoms with Gasteiger partial charge in [0, 0.05) is 5.38 Å². The lowest BCUT2D eigenvalue weighted by Gasteiger charge is -2.10. The minimum Gasteiger partial charge on any atom is -0.377 e. The molecule has 0 aliphatic rings. The van der Waals surface area contributed by atoms with Crippen molar-refractivity contribution in [3.8, 4) is 11.6 Å². The van der Waals surface area contributed by atoms with Gasteiger partial charge in [0.25, 0.3) is 5.89 Å². The average molecular weight is 254 g/mol. The van der Waals surface area contributed by atoms with Gasteiger partial charge in [0.1, 0.15) is 5.69 Å². The van der Waals surface area contributed by atoms with Gasteiger partial charge < -0.3 is 15.0 Å². The van der Waals surface area contributed by atoms with Crippen molar-refractivity contribution in [1.29, 1.82) is 0 Å². The van der Waals surface area contributed by atoms with E-state index >= 15 is 0 Å². The summed E-state index contributed by atoms with van der Waals surface area (Å²) < 4.78 is 10.5. The highest BCUT2D eigenvalue weighted by atomic mass is 32.1. The van der Waals surface area contributed by atoms with Crippen LogP contribution >= 0.6 is 11.3 Å². The number of aromatic nitrogens is 3. The molecule has 2 aromatic heterocycles. The Hall–Kier alpha value is -1.31. The average Bonchev–Trinajstić information content (AvgIpc) is 2.94.